The third-order valence-corrected chi connectivity index (χ3v) is 5.24. The van der Waals surface area contributed by atoms with E-state index >= 15 is 0 Å². The molecule has 6 nitrogen and oxygen atoms in total. The van der Waals surface area contributed by atoms with Gasteiger partial charge in [0.05, 0.1) is 29.6 Å². The van der Waals surface area contributed by atoms with Crippen LogP contribution < -0.4 is 14.5 Å². The molecule has 0 bridgehead atoms. The van der Waals surface area contributed by atoms with E-state index in [0.29, 0.717) is 42.3 Å². The largest absolute Gasteiger partial charge is 0.493 e. The Morgan fingerprint density at radius 2 is 1.75 bits per heavy atom. The molecular formula is C22H26N2O4. The molecule has 2 aromatic carbocycles. The lowest BCUT2D eigenvalue weighted by Gasteiger charge is -2.41. The smallest absolute Gasteiger partial charge is 0.412 e. The second-order valence-electron chi connectivity index (χ2n) is 6.98. The number of amides is 2. The molecule has 1 atom stereocenters. The van der Waals surface area contributed by atoms with Gasteiger partial charge in [-0.25, -0.2) is 4.79 Å². The van der Waals surface area contributed by atoms with Crippen LogP contribution in [-0.2, 0) is 0 Å². The van der Waals surface area contributed by atoms with E-state index in [0.717, 1.165) is 11.1 Å². The lowest BCUT2D eigenvalue weighted by molar-refractivity contribution is 0.0979. The number of hydrogen-bond donors (Lipinski definition) is 1. The van der Waals surface area contributed by atoms with E-state index in [1.54, 1.807) is 17.0 Å². The van der Waals surface area contributed by atoms with Crippen LogP contribution in [-0.4, -0.2) is 36.3 Å². The fourth-order valence-corrected chi connectivity index (χ4v) is 3.62. The molecular weight excluding hydrogens is 356 g/mol. The zero-order chi connectivity index (χ0) is 20.4. The number of fused-ring (bicyclic) bond motifs is 1. The van der Waals surface area contributed by atoms with Gasteiger partial charge in [0, 0.05) is 6.54 Å². The summed E-state index contributed by atoms with van der Waals surface area (Å²) in [5.74, 6) is 0.353. The minimum absolute atomic E-state index is 0.183. The fourth-order valence-electron chi connectivity index (χ4n) is 3.62. The molecule has 0 aromatic heterocycles. The van der Waals surface area contributed by atoms with Crippen molar-refractivity contribution < 1.29 is 19.4 Å². The number of rotatable bonds is 4. The van der Waals surface area contributed by atoms with E-state index in [1.807, 2.05) is 52.0 Å². The first-order valence-corrected chi connectivity index (χ1v) is 9.56. The molecule has 1 aliphatic heterocycles. The highest BCUT2D eigenvalue weighted by atomic mass is 16.5. The van der Waals surface area contributed by atoms with Crippen LogP contribution in [0.3, 0.4) is 0 Å². The topological polar surface area (TPSA) is 70.1 Å². The van der Waals surface area contributed by atoms with Crippen LogP contribution in [0.2, 0.25) is 0 Å². The Kier molecular flexibility index (Phi) is 5.58. The standard InChI is InChI=1S/C22H26N2O4/c1-5-16-13-23(21(25)17-9-7-8-10-20(17)28-6-2)18-11-14(3)15(4)12-19(18)24(16)22(26)27/h7-12,16H,5-6,13H2,1-4H3,(H,26,27). The molecule has 6 heteroatoms. The summed E-state index contributed by atoms with van der Waals surface area (Å²) in [6.45, 7) is 8.48. The van der Waals surface area contributed by atoms with Crippen molar-refractivity contribution in [1.29, 1.82) is 0 Å². The molecule has 1 N–H and O–H groups in total. The second kappa shape index (κ2) is 7.92. The average Bonchev–Trinajstić information content (AvgIpc) is 2.67. The molecule has 1 aliphatic rings. The SMILES string of the molecule is CCOc1ccccc1C(=O)N1CC(CC)N(C(=O)O)c2cc(C)c(C)cc21. The summed E-state index contributed by atoms with van der Waals surface area (Å²) >= 11 is 0. The fraction of sp³-hybridized carbons (Fsp3) is 0.364. The van der Waals surface area contributed by atoms with Crippen molar-refractivity contribution in [2.24, 2.45) is 0 Å². The van der Waals surface area contributed by atoms with Crippen molar-refractivity contribution in [3.05, 3.63) is 53.1 Å². The molecule has 0 spiro atoms. The molecule has 28 heavy (non-hydrogen) atoms. The Balaban J connectivity index is 2.14. The van der Waals surface area contributed by atoms with Crippen molar-refractivity contribution in [3.63, 3.8) is 0 Å². The van der Waals surface area contributed by atoms with Gasteiger partial charge in [0.2, 0.25) is 0 Å². The first kappa shape index (κ1) is 19.7. The minimum Gasteiger partial charge on any atom is -0.493 e. The summed E-state index contributed by atoms with van der Waals surface area (Å²) in [4.78, 5) is 28.5. The molecule has 2 aromatic rings. The van der Waals surface area contributed by atoms with Gasteiger partial charge in [-0.3, -0.25) is 9.69 Å². The van der Waals surface area contributed by atoms with Gasteiger partial charge in [-0.05, 0) is 62.6 Å². The van der Waals surface area contributed by atoms with Crippen molar-refractivity contribution in [2.45, 2.75) is 40.2 Å². The van der Waals surface area contributed by atoms with Crippen molar-refractivity contribution in [3.8, 4) is 5.75 Å². The van der Waals surface area contributed by atoms with Crippen LogP contribution in [0.1, 0.15) is 41.8 Å². The average molecular weight is 382 g/mol. The van der Waals surface area contributed by atoms with Gasteiger partial charge < -0.3 is 14.7 Å². The first-order valence-electron chi connectivity index (χ1n) is 9.56. The Morgan fingerprint density at radius 1 is 1.11 bits per heavy atom. The van der Waals surface area contributed by atoms with E-state index in [9.17, 15) is 14.7 Å². The number of hydrogen-bond acceptors (Lipinski definition) is 3. The summed E-state index contributed by atoms with van der Waals surface area (Å²) < 4.78 is 5.64. The highest BCUT2D eigenvalue weighted by molar-refractivity contribution is 6.11. The maximum absolute atomic E-state index is 13.5. The summed E-state index contributed by atoms with van der Waals surface area (Å²) in [6, 6.07) is 10.6. The van der Waals surface area contributed by atoms with Gasteiger partial charge in [-0.2, -0.15) is 0 Å². The molecule has 0 fully saturated rings. The van der Waals surface area contributed by atoms with Gasteiger partial charge in [0.1, 0.15) is 5.75 Å². The van der Waals surface area contributed by atoms with Crippen molar-refractivity contribution in [1.82, 2.24) is 0 Å². The predicted octanol–water partition coefficient (Wildman–Crippen LogP) is 4.63. The highest BCUT2D eigenvalue weighted by Crippen LogP contribution is 2.39. The second-order valence-corrected chi connectivity index (χ2v) is 6.98. The van der Waals surface area contributed by atoms with Gasteiger partial charge in [-0.15, -0.1) is 0 Å². The highest BCUT2D eigenvalue weighted by Gasteiger charge is 2.37. The Bertz CT molecular complexity index is 909. The normalized spacial score (nSPS) is 15.9. The zero-order valence-corrected chi connectivity index (χ0v) is 16.7. The number of carbonyl (C=O) groups is 2. The Labute approximate surface area is 165 Å². The van der Waals surface area contributed by atoms with E-state index in [1.165, 1.54) is 4.90 Å². The van der Waals surface area contributed by atoms with Crippen LogP contribution in [0.5, 0.6) is 5.75 Å². The lowest BCUT2D eigenvalue weighted by Crippen LogP contribution is -2.52. The molecule has 1 unspecified atom stereocenters. The number of aryl methyl sites for hydroxylation is 2. The van der Waals surface area contributed by atoms with Crippen molar-refractivity contribution >= 4 is 23.4 Å². The molecule has 0 saturated heterocycles. The number of carbonyl (C=O) groups excluding carboxylic acids is 1. The van der Waals surface area contributed by atoms with Gasteiger partial charge in [0.25, 0.3) is 5.91 Å². The van der Waals surface area contributed by atoms with Crippen LogP contribution in [0.15, 0.2) is 36.4 Å². The molecule has 0 saturated carbocycles. The number of para-hydroxylation sites is 1. The number of nitrogens with zero attached hydrogens (tertiary/aromatic N) is 2. The molecule has 0 aliphatic carbocycles. The Morgan fingerprint density at radius 3 is 2.36 bits per heavy atom. The number of carboxylic acid groups (broad SMARTS) is 1. The quantitative estimate of drug-likeness (QED) is 0.837. The third kappa shape index (κ3) is 3.42. The molecule has 1 heterocycles. The lowest BCUT2D eigenvalue weighted by atomic mass is 9.99. The van der Waals surface area contributed by atoms with E-state index in [4.69, 9.17) is 4.74 Å². The number of anilines is 2. The Hall–Kier alpha value is -3.02. The van der Waals surface area contributed by atoms with E-state index < -0.39 is 6.09 Å². The van der Waals surface area contributed by atoms with Crippen LogP contribution in [0.25, 0.3) is 0 Å². The molecule has 0 radical (unpaired) electrons. The zero-order valence-electron chi connectivity index (χ0n) is 16.7. The number of benzene rings is 2. The molecule has 3 rings (SSSR count). The first-order chi connectivity index (χ1) is 13.4. The van der Waals surface area contributed by atoms with Crippen LogP contribution in [0.4, 0.5) is 16.2 Å². The maximum Gasteiger partial charge on any atom is 0.412 e. The van der Waals surface area contributed by atoms with Gasteiger partial charge in [-0.1, -0.05) is 19.1 Å². The minimum atomic E-state index is -1.00. The summed E-state index contributed by atoms with van der Waals surface area (Å²) in [6.07, 6.45) is -0.395. The van der Waals surface area contributed by atoms with Gasteiger partial charge >= 0.3 is 6.09 Å². The van der Waals surface area contributed by atoms with Gasteiger partial charge in [0.15, 0.2) is 0 Å². The number of ether oxygens (including phenoxy) is 1. The van der Waals surface area contributed by atoms with E-state index in [2.05, 4.69) is 0 Å². The molecule has 148 valence electrons. The maximum atomic E-state index is 13.5. The summed E-state index contributed by atoms with van der Waals surface area (Å²) in [5, 5.41) is 9.81. The van der Waals surface area contributed by atoms with Crippen LogP contribution in [0, 0.1) is 13.8 Å². The molecule has 2 amide bonds. The summed E-state index contributed by atoms with van der Waals surface area (Å²) in [7, 11) is 0. The monoisotopic (exact) mass is 382 g/mol. The van der Waals surface area contributed by atoms with E-state index in [-0.39, 0.29) is 11.9 Å². The third-order valence-electron chi connectivity index (χ3n) is 5.24. The van der Waals surface area contributed by atoms with Crippen LogP contribution >= 0.6 is 0 Å². The van der Waals surface area contributed by atoms with Crippen molar-refractivity contribution in [2.75, 3.05) is 23.0 Å². The predicted molar refractivity (Wildman–Crippen MR) is 110 cm³/mol. The summed E-state index contributed by atoms with van der Waals surface area (Å²) in [5.41, 5.74) is 3.65.